The number of hydrogen-bond acceptors (Lipinski definition) is 6. The van der Waals surface area contributed by atoms with Crippen molar-refractivity contribution in [2.75, 3.05) is 5.32 Å². The lowest BCUT2D eigenvalue weighted by atomic mass is 10.1. The SMILES string of the molecule is Cc1cc(NC(=O)[C@@H](OC(=O)c2ccccn2)c2ccccc2)no1. The fourth-order valence-electron chi connectivity index (χ4n) is 2.17. The molecular formula is C18H15N3O4. The molecule has 0 fully saturated rings. The average Bonchev–Trinajstić information content (AvgIpc) is 3.05. The molecule has 1 N–H and O–H groups in total. The lowest BCUT2D eigenvalue weighted by molar-refractivity contribution is -0.125. The lowest BCUT2D eigenvalue weighted by Crippen LogP contribution is -2.26. The molecule has 0 aliphatic heterocycles. The van der Waals surface area contributed by atoms with E-state index >= 15 is 0 Å². The first-order valence-corrected chi connectivity index (χ1v) is 7.54. The molecule has 0 bridgehead atoms. The van der Waals surface area contributed by atoms with Gasteiger partial charge in [0.05, 0.1) is 0 Å². The molecule has 1 aromatic carbocycles. The molecule has 3 aromatic rings. The van der Waals surface area contributed by atoms with Gasteiger partial charge in [0, 0.05) is 17.8 Å². The minimum atomic E-state index is -1.15. The summed E-state index contributed by atoms with van der Waals surface area (Å²) >= 11 is 0. The van der Waals surface area contributed by atoms with Crippen LogP contribution in [-0.4, -0.2) is 22.0 Å². The first kappa shape index (κ1) is 16.4. The molecule has 3 rings (SSSR count). The molecule has 1 atom stereocenters. The number of esters is 1. The maximum Gasteiger partial charge on any atom is 0.358 e. The van der Waals surface area contributed by atoms with Crippen LogP contribution in [0.25, 0.3) is 0 Å². The van der Waals surface area contributed by atoms with Crippen molar-refractivity contribution in [2.24, 2.45) is 0 Å². The highest BCUT2D eigenvalue weighted by molar-refractivity contribution is 5.97. The van der Waals surface area contributed by atoms with Gasteiger partial charge >= 0.3 is 5.97 Å². The molecule has 2 aromatic heterocycles. The highest BCUT2D eigenvalue weighted by Crippen LogP contribution is 2.21. The van der Waals surface area contributed by atoms with Gasteiger partial charge in [-0.1, -0.05) is 41.6 Å². The van der Waals surface area contributed by atoms with E-state index in [1.54, 1.807) is 55.5 Å². The van der Waals surface area contributed by atoms with Crippen molar-refractivity contribution in [1.29, 1.82) is 0 Å². The van der Waals surface area contributed by atoms with Crippen LogP contribution < -0.4 is 5.32 Å². The predicted octanol–water partition coefficient (Wildman–Crippen LogP) is 2.91. The number of carbonyl (C=O) groups is 2. The zero-order chi connectivity index (χ0) is 17.6. The van der Waals surface area contributed by atoms with E-state index in [2.05, 4.69) is 15.5 Å². The van der Waals surface area contributed by atoms with Gasteiger partial charge in [-0.25, -0.2) is 9.78 Å². The number of aromatic nitrogens is 2. The fraction of sp³-hybridized carbons (Fsp3) is 0.111. The summed E-state index contributed by atoms with van der Waals surface area (Å²) in [5, 5.41) is 6.29. The van der Waals surface area contributed by atoms with Crippen LogP contribution in [0.1, 0.15) is 27.9 Å². The van der Waals surface area contributed by atoms with E-state index in [0.717, 1.165) is 0 Å². The van der Waals surface area contributed by atoms with Crippen LogP contribution in [0, 0.1) is 6.92 Å². The number of aryl methyl sites for hydroxylation is 1. The van der Waals surface area contributed by atoms with Gasteiger partial charge in [-0.2, -0.15) is 0 Å². The van der Waals surface area contributed by atoms with Crippen molar-refractivity contribution in [2.45, 2.75) is 13.0 Å². The normalized spacial score (nSPS) is 11.6. The van der Waals surface area contributed by atoms with Crippen molar-refractivity contribution < 1.29 is 18.8 Å². The van der Waals surface area contributed by atoms with Gasteiger partial charge in [0.1, 0.15) is 11.5 Å². The van der Waals surface area contributed by atoms with E-state index in [4.69, 9.17) is 9.26 Å². The second-order valence-electron chi connectivity index (χ2n) is 5.22. The summed E-state index contributed by atoms with van der Waals surface area (Å²) in [6, 6.07) is 15.1. The van der Waals surface area contributed by atoms with Gasteiger partial charge < -0.3 is 14.6 Å². The zero-order valence-corrected chi connectivity index (χ0v) is 13.4. The third kappa shape index (κ3) is 4.08. The monoisotopic (exact) mass is 337 g/mol. The van der Waals surface area contributed by atoms with E-state index in [0.29, 0.717) is 11.3 Å². The smallest absolute Gasteiger partial charge is 0.358 e. The van der Waals surface area contributed by atoms with Crippen molar-refractivity contribution in [1.82, 2.24) is 10.1 Å². The number of pyridine rings is 1. The molecule has 7 heteroatoms. The average molecular weight is 337 g/mol. The molecule has 0 saturated carbocycles. The van der Waals surface area contributed by atoms with Gasteiger partial charge in [0.25, 0.3) is 5.91 Å². The number of benzene rings is 1. The van der Waals surface area contributed by atoms with Crippen LogP contribution in [0.15, 0.2) is 65.3 Å². The first-order valence-electron chi connectivity index (χ1n) is 7.54. The lowest BCUT2D eigenvalue weighted by Gasteiger charge is -2.17. The number of rotatable bonds is 5. The highest BCUT2D eigenvalue weighted by Gasteiger charge is 2.26. The van der Waals surface area contributed by atoms with Gasteiger partial charge in [-0.3, -0.25) is 4.79 Å². The third-order valence-corrected chi connectivity index (χ3v) is 3.32. The topological polar surface area (TPSA) is 94.3 Å². The molecule has 0 radical (unpaired) electrons. The molecule has 126 valence electrons. The number of amides is 1. The molecule has 0 unspecified atom stereocenters. The second kappa shape index (κ2) is 7.39. The molecule has 2 heterocycles. The minimum Gasteiger partial charge on any atom is -0.443 e. The Balaban J connectivity index is 1.82. The van der Waals surface area contributed by atoms with Crippen molar-refractivity contribution >= 4 is 17.7 Å². The van der Waals surface area contributed by atoms with Gasteiger partial charge in [-0.05, 0) is 19.1 Å². The molecule has 25 heavy (non-hydrogen) atoms. The third-order valence-electron chi connectivity index (χ3n) is 3.32. The van der Waals surface area contributed by atoms with Crippen LogP contribution in [0.5, 0.6) is 0 Å². The van der Waals surface area contributed by atoms with Crippen LogP contribution in [0.3, 0.4) is 0 Å². The zero-order valence-electron chi connectivity index (χ0n) is 13.4. The second-order valence-corrected chi connectivity index (χ2v) is 5.22. The molecule has 0 spiro atoms. The van der Waals surface area contributed by atoms with E-state index in [1.165, 1.54) is 12.3 Å². The number of carbonyl (C=O) groups excluding carboxylic acids is 2. The van der Waals surface area contributed by atoms with E-state index in [1.807, 2.05) is 0 Å². The van der Waals surface area contributed by atoms with Crippen LogP contribution >= 0.6 is 0 Å². The molecule has 7 nitrogen and oxygen atoms in total. The first-order chi connectivity index (χ1) is 12.1. The Morgan fingerprint density at radius 2 is 1.88 bits per heavy atom. The summed E-state index contributed by atoms with van der Waals surface area (Å²) in [6.07, 6.45) is 0.333. The quantitative estimate of drug-likeness (QED) is 0.719. The van der Waals surface area contributed by atoms with Crippen LogP contribution in [0.2, 0.25) is 0 Å². The van der Waals surface area contributed by atoms with E-state index in [-0.39, 0.29) is 11.5 Å². The largest absolute Gasteiger partial charge is 0.443 e. The van der Waals surface area contributed by atoms with Crippen molar-refractivity contribution in [3.63, 3.8) is 0 Å². The fourth-order valence-corrected chi connectivity index (χ4v) is 2.17. The van der Waals surface area contributed by atoms with Crippen LogP contribution in [-0.2, 0) is 9.53 Å². The Morgan fingerprint density at radius 1 is 1.12 bits per heavy atom. The summed E-state index contributed by atoms with van der Waals surface area (Å²) in [7, 11) is 0. The number of ether oxygens (including phenoxy) is 1. The Morgan fingerprint density at radius 3 is 2.52 bits per heavy atom. The van der Waals surface area contributed by atoms with E-state index < -0.39 is 18.0 Å². The van der Waals surface area contributed by atoms with Gasteiger partial charge in [0.15, 0.2) is 5.82 Å². The molecule has 1 amide bonds. The number of nitrogens with one attached hydrogen (secondary N) is 1. The van der Waals surface area contributed by atoms with Crippen molar-refractivity contribution in [3.8, 4) is 0 Å². The molecular weight excluding hydrogens is 322 g/mol. The van der Waals surface area contributed by atoms with Crippen molar-refractivity contribution in [3.05, 3.63) is 77.8 Å². The standard InChI is InChI=1S/C18H15N3O4/c1-12-11-15(21-25-12)20-17(22)16(13-7-3-2-4-8-13)24-18(23)14-9-5-6-10-19-14/h2-11,16H,1H3,(H,20,21,22)/t16-/m0/s1. The van der Waals surface area contributed by atoms with E-state index in [9.17, 15) is 9.59 Å². The molecule has 0 aliphatic rings. The number of anilines is 1. The highest BCUT2D eigenvalue weighted by atomic mass is 16.5. The Kier molecular flexibility index (Phi) is 4.84. The summed E-state index contributed by atoms with van der Waals surface area (Å²) in [6.45, 7) is 1.71. The summed E-state index contributed by atoms with van der Waals surface area (Å²) < 4.78 is 10.3. The van der Waals surface area contributed by atoms with Crippen LogP contribution in [0.4, 0.5) is 5.82 Å². The minimum absolute atomic E-state index is 0.119. The number of hydrogen-bond donors (Lipinski definition) is 1. The summed E-state index contributed by atoms with van der Waals surface area (Å²) in [5.74, 6) is -0.431. The molecule has 0 aliphatic carbocycles. The summed E-state index contributed by atoms with van der Waals surface area (Å²) in [5.41, 5.74) is 0.651. The van der Waals surface area contributed by atoms with Gasteiger partial charge in [0.2, 0.25) is 6.10 Å². The Hall–Kier alpha value is -3.48. The number of nitrogens with zero attached hydrogens (tertiary/aromatic N) is 2. The predicted molar refractivity (Wildman–Crippen MR) is 88.7 cm³/mol. The maximum absolute atomic E-state index is 12.6. The van der Waals surface area contributed by atoms with Gasteiger partial charge in [-0.15, -0.1) is 0 Å². The summed E-state index contributed by atoms with van der Waals surface area (Å²) in [4.78, 5) is 28.8. The Bertz CT molecular complexity index is 862. The Labute approximate surface area is 143 Å². The molecule has 0 saturated heterocycles. The maximum atomic E-state index is 12.6.